The number of ether oxygens (including phenoxy) is 4. The van der Waals surface area contributed by atoms with E-state index in [9.17, 15) is 19.2 Å². The van der Waals surface area contributed by atoms with Crippen molar-refractivity contribution in [1.29, 1.82) is 0 Å². The molecule has 4 unspecified atom stereocenters. The quantitative estimate of drug-likeness (QED) is 0.215. The zero-order valence-corrected chi connectivity index (χ0v) is 12.7. The Kier molecular flexibility index (Phi) is 2.92. The predicted octanol–water partition coefficient (Wildman–Crippen LogP) is -0.594. The molecule has 0 amide bonds. The SMILES string of the molecule is C=C1CC2OC2(C(=O)OCCOC(=O)C23OC2CC(=C)C3=O)C1=O. The molecule has 2 saturated heterocycles. The van der Waals surface area contributed by atoms with Gasteiger partial charge < -0.3 is 18.9 Å². The summed E-state index contributed by atoms with van der Waals surface area (Å²) in [4.78, 5) is 47.7. The highest BCUT2D eigenvalue weighted by Gasteiger charge is 2.74. The normalized spacial score (nSPS) is 38.7. The van der Waals surface area contributed by atoms with E-state index in [-0.39, 0.29) is 13.2 Å². The number of Topliss-reactive ketones (excluding diaryl/α,β-unsaturated/α-hetero) is 2. The van der Waals surface area contributed by atoms with Crippen molar-refractivity contribution in [2.75, 3.05) is 13.2 Å². The maximum Gasteiger partial charge on any atom is 0.349 e. The predicted molar refractivity (Wildman–Crippen MR) is 74.7 cm³/mol. The molecule has 2 aliphatic heterocycles. The lowest BCUT2D eigenvalue weighted by atomic mass is 10.1. The molecule has 126 valence electrons. The van der Waals surface area contributed by atoms with Crippen LogP contribution in [0.15, 0.2) is 24.3 Å². The molecular weight excluding hydrogens is 320 g/mol. The average molecular weight is 334 g/mol. The van der Waals surface area contributed by atoms with Crippen LogP contribution < -0.4 is 0 Å². The molecule has 4 atom stereocenters. The molecule has 24 heavy (non-hydrogen) atoms. The Morgan fingerprint density at radius 2 is 1.29 bits per heavy atom. The molecule has 4 fully saturated rings. The molecule has 4 aliphatic rings. The van der Waals surface area contributed by atoms with Crippen LogP contribution in [-0.4, -0.2) is 60.1 Å². The van der Waals surface area contributed by atoms with Crippen LogP contribution in [0, 0.1) is 0 Å². The van der Waals surface area contributed by atoms with Gasteiger partial charge in [0.05, 0.1) is 0 Å². The van der Waals surface area contributed by atoms with Crippen molar-refractivity contribution in [3.8, 4) is 0 Å². The van der Waals surface area contributed by atoms with Gasteiger partial charge in [0.25, 0.3) is 11.2 Å². The summed E-state index contributed by atoms with van der Waals surface area (Å²) in [6.45, 7) is 6.64. The van der Waals surface area contributed by atoms with Gasteiger partial charge in [0.15, 0.2) is 0 Å². The maximum atomic E-state index is 12.0. The van der Waals surface area contributed by atoms with E-state index in [1.807, 2.05) is 0 Å². The van der Waals surface area contributed by atoms with E-state index >= 15 is 0 Å². The summed E-state index contributed by atoms with van der Waals surface area (Å²) in [6.07, 6.45) is -0.379. The number of carbonyl (C=O) groups is 4. The molecule has 0 spiro atoms. The van der Waals surface area contributed by atoms with E-state index in [1.165, 1.54) is 0 Å². The van der Waals surface area contributed by atoms with Crippen LogP contribution in [0.4, 0.5) is 0 Å². The van der Waals surface area contributed by atoms with Gasteiger partial charge in [-0.15, -0.1) is 0 Å². The Morgan fingerprint density at radius 3 is 1.58 bits per heavy atom. The first-order valence-electron chi connectivity index (χ1n) is 7.49. The van der Waals surface area contributed by atoms with Crippen LogP contribution in [0.25, 0.3) is 0 Å². The lowest BCUT2D eigenvalue weighted by Crippen LogP contribution is -2.37. The topological polar surface area (TPSA) is 112 Å². The highest BCUT2D eigenvalue weighted by atomic mass is 16.7. The second kappa shape index (κ2) is 4.61. The molecule has 0 aromatic carbocycles. The fourth-order valence-corrected chi connectivity index (χ4v) is 3.34. The summed E-state index contributed by atoms with van der Waals surface area (Å²) in [5, 5.41) is 0. The summed E-state index contributed by atoms with van der Waals surface area (Å²) in [7, 11) is 0. The average Bonchev–Trinajstić information content (AvgIpc) is 3.40. The molecule has 0 radical (unpaired) electrons. The number of hydrogen-bond acceptors (Lipinski definition) is 8. The van der Waals surface area contributed by atoms with Crippen molar-refractivity contribution in [1.82, 2.24) is 0 Å². The third kappa shape index (κ3) is 1.75. The van der Waals surface area contributed by atoms with Crippen molar-refractivity contribution in [2.45, 2.75) is 36.3 Å². The Bertz CT molecular complexity index is 674. The number of esters is 2. The van der Waals surface area contributed by atoms with Gasteiger partial charge in [-0.05, 0) is 11.1 Å². The minimum absolute atomic E-state index is 0.252. The smallest absolute Gasteiger partial charge is 0.349 e. The first kappa shape index (κ1) is 15.2. The molecule has 4 rings (SSSR count). The van der Waals surface area contributed by atoms with Crippen molar-refractivity contribution < 1.29 is 38.1 Å². The van der Waals surface area contributed by atoms with Gasteiger partial charge in [0, 0.05) is 12.8 Å². The number of fused-ring (bicyclic) bond motifs is 2. The molecular formula is C16H14O8. The lowest BCUT2D eigenvalue weighted by Gasteiger charge is -2.11. The maximum absolute atomic E-state index is 12.0. The largest absolute Gasteiger partial charge is 0.459 e. The first-order chi connectivity index (χ1) is 11.3. The highest BCUT2D eigenvalue weighted by molar-refractivity contribution is 6.21. The number of hydrogen-bond donors (Lipinski definition) is 0. The fourth-order valence-electron chi connectivity index (χ4n) is 3.34. The number of ketones is 2. The molecule has 0 N–H and O–H groups in total. The number of epoxide rings is 2. The minimum atomic E-state index is -1.55. The van der Waals surface area contributed by atoms with Gasteiger partial charge in [0.2, 0.25) is 11.6 Å². The Hall–Kier alpha value is -2.32. The van der Waals surface area contributed by atoms with Crippen molar-refractivity contribution in [3.63, 3.8) is 0 Å². The van der Waals surface area contributed by atoms with Gasteiger partial charge in [-0.25, -0.2) is 9.59 Å². The van der Waals surface area contributed by atoms with Crippen LogP contribution in [0.5, 0.6) is 0 Å². The van der Waals surface area contributed by atoms with Gasteiger partial charge >= 0.3 is 11.9 Å². The van der Waals surface area contributed by atoms with Gasteiger partial charge in [-0.3, -0.25) is 9.59 Å². The van der Waals surface area contributed by atoms with Crippen LogP contribution in [-0.2, 0) is 38.1 Å². The second-order valence-electron chi connectivity index (χ2n) is 6.23. The summed E-state index contributed by atoms with van der Waals surface area (Å²) in [6, 6.07) is 0. The van der Waals surface area contributed by atoms with Crippen LogP contribution >= 0.6 is 0 Å². The van der Waals surface area contributed by atoms with Gasteiger partial charge in [0.1, 0.15) is 25.4 Å². The molecule has 0 aromatic heterocycles. The number of rotatable bonds is 5. The van der Waals surface area contributed by atoms with Crippen molar-refractivity contribution in [2.24, 2.45) is 0 Å². The van der Waals surface area contributed by atoms with Gasteiger partial charge in [-0.1, -0.05) is 13.2 Å². The van der Waals surface area contributed by atoms with Crippen LogP contribution in [0.1, 0.15) is 12.8 Å². The molecule has 8 heteroatoms. The zero-order valence-electron chi connectivity index (χ0n) is 12.7. The first-order valence-corrected chi connectivity index (χ1v) is 7.49. The van der Waals surface area contributed by atoms with E-state index < -0.39 is 46.9 Å². The van der Waals surface area contributed by atoms with Crippen molar-refractivity contribution >= 4 is 23.5 Å². The molecule has 2 saturated carbocycles. The van der Waals surface area contributed by atoms with Crippen LogP contribution in [0.2, 0.25) is 0 Å². The standard InChI is InChI=1S/C16H14O8/c1-7-5-9-15(23-9,11(7)17)13(19)21-3-4-22-14(20)16-10(24-16)6-8(2)12(16)18/h9-10H,1-6H2. The molecule has 2 aliphatic carbocycles. The highest BCUT2D eigenvalue weighted by Crippen LogP contribution is 2.51. The lowest BCUT2D eigenvalue weighted by molar-refractivity contribution is -0.161. The molecule has 0 bridgehead atoms. The van der Waals surface area contributed by atoms with Crippen molar-refractivity contribution in [3.05, 3.63) is 24.3 Å². The van der Waals surface area contributed by atoms with E-state index in [0.717, 1.165) is 0 Å². The van der Waals surface area contributed by atoms with E-state index in [1.54, 1.807) is 0 Å². The third-order valence-corrected chi connectivity index (χ3v) is 4.79. The second-order valence-corrected chi connectivity index (χ2v) is 6.23. The van der Waals surface area contributed by atoms with E-state index in [4.69, 9.17) is 18.9 Å². The van der Waals surface area contributed by atoms with Crippen LogP contribution in [0.3, 0.4) is 0 Å². The monoisotopic (exact) mass is 334 g/mol. The van der Waals surface area contributed by atoms with E-state index in [2.05, 4.69) is 13.2 Å². The Balaban J connectivity index is 1.26. The summed E-state index contributed by atoms with van der Waals surface area (Å²) < 4.78 is 20.2. The van der Waals surface area contributed by atoms with E-state index in [0.29, 0.717) is 24.0 Å². The molecule has 8 nitrogen and oxygen atoms in total. The summed E-state index contributed by atoms with van der Waals surface area (Å²) in [5.74, 6) is -2.54. The number of carbonyl (C=O) groups excluding carboxylic acids is 4. The Morgan fingerprint density at radius 1 is 0.917 bits per heavy atom. The fraction of sp³-hybridized carbons (Fsp3) is 0.500. The minimum Gasteiger partial charge on any atom is -0.459 e. The molecule has 2 heterocycles. The van der Waals surface area contributed by atoms with Gasteiger partial charge in [-0.2, -0.15) is 0 Å². The zero-order chi connectivity index (χ0) is 17.3. The summed E-state index contributed by atoms with van der Waals surface area (Å²) >= 11 is 0. The third-order valence-electron chi connectivity index (χ3n) is 4.79. The molecule has 0 aromatic rings. The Labute approximate surface area is 136 Å². The summed E-state index contributed by atoms with van der Waals surface area (Å²) in [5.41, 5.74) is -2.43.